The first-order valence-corrected chi connectivity index (χ1v) is 5.26. The van der Waals surface area contributed by atoms with E-state index in [1.54, 1.807) is 6.92 Å². The van der Waals surface area contributed by atoms with Gasteiger partial charge in [-0.2, -0.15) is 0 Å². The summed E-state index contributed by atoms with van der Waals surface area (Å²) in [5.74, 6) is -2.61. The second-order valence-electron chi connectivity index (χ2n) is 4.34. The van der Waals surface area contributed by atoms with Crippen LogP contribution in [-0.4, -0.2) is 42.5 Å². The average Bonchev–Trinajstić information content (AvgIpc) is 2.26. The third-order valence-corrected chi connectivity index (χ3v) is 2.90. The van der Waals surface area contributed by atoms with E-state index in [1.807, 2.05) is 11.8 Å². The smallest absolute Gasteiger partial charge is 0.260 e. The molecule has 0 aromatic heterocycles. The Morgan fingerprint density at radius 1 is 1.50 bits per heavy atom. The maximum Gasteiger partial charge on any atom is 0.260 e. The summed E-state index contributed by atoms with van der Waals surface area (Å²) in [6, 6.07) is -0.354. The molecule has 2 atom stereocenters. The van der Waals surface area contributed by atoms with Crippen LogP contribution in [0, 0.1) is 0 Å². The van der Waals surface area contributed by atoms with Crippen molar-refractivity contribution < 1.29 is 8.78 Å². The van der Waals surface area contributed by atoms with Crippen LogP contribution in [0.15, 0.2) is 0 Å². The lowest BCUT2D eigenvalue weighted by Gasteiger charge is -2.32. The summed E-state index contributed by atoms with van der Waals surface area (Å²) in [4.78, 5) is 1.88. The van der Waals surface area contributed by atoms with Gasteiger partial charge in [0.25, 0.3) is 5.92 Å². The van der Waals surface area contributed by atoms with Crippen molar-refractivity contribution in [2.24, 2.45) is 0 Å². The zero-order valence-electron chi connectivity index (χ0n) is 9.19. The van der Waals surface area contributed by atoms with Crippen molar-refractivity contribution in [2.45, 2.75) is 45.2 Å². The first kappa shape index (κ1) is 11.9. The van der Waals surface area contributed by atoms with Crippen LogP contribution >= 0.6 is 0 Å². The first-order valence-electron chi connectivity index (χ1n) is 5.26. The summed E-state index contributed by atoms with van der Waals surface area (Å²) in [7, 11) is 0. The van der Waals surface area contributed by atoms with Gasteiger partial charge in [0, 0.05) is 19.5 Å². The number of alkyl halides is 2. The van der Waals surface area contributed by atoms with Crippen molar-refractivity contribution in [1.29, 1.82) is 0 Å². The molecule has 0 aliphatic carbocycles. The fraction of sp³-hybridized carbons (Fsp3) is 1.00. The summed E-state index contributed by atoms with van der Waals surface area (Å²) in [6.45, 7) is 7.06. The number of rotatable bonds is 2. The van der Waals surface area contributed by atoms with E-state index in [-0.39, 0.29) is 0 Å². The molecule has 0 saturated carbocycles. The average molecular weight is 206 g/mol. The number of hydrogen-bond acceptors (Lipinski definition) is 2. The monoisotopic (exact) mass is 206 g/mol. The Morgan fingerprint density at radius 3 is 2.71 bits per heavy atom. The van der Waals surface area contributed by atoms with Gasteiger partial charge in [-0.15, -0.1) is 0 Å². The Bertz CT molecular complexity index is 179. The first-order chi connectivity index (χ1) is 6.41. The van der Waals surface area contributed by atoms with Gasteiger partial charge < -0.3 is 5.32 Å². The zero-order chi connectivity index (χ0) is 10.8. The van der Waals surface area contributed by atoms with Crippen molar-refractivity contribution in [3.63, 3.8) is 0 Å². The number of hydrogen-bond donors (Lipinski definition) is 1. The van der Waals surface area contributed by atoms with E-state index in [9.17, 15) is 8.78 Å². The SMILES string of the molecule is CC1CN(C(C)C(C)(F)F)CCCN1. The maximum atomic E-state index is 13.1. The van der Waals surface area contributed by atoms with Crippen LogP contribution < -0.4 is 5.32 Å². The van der Waals surface area contributed by atoms with Gasteiger partial charge in [-0.05, 0) is 33.4 Å². The van der Waals surface area contributed by atoms with Crippen LogP contribution in [0.5, 0.6) is 0 Å². The number of halogens is 2. The zero-order valence-corrected chi connectivity index (χ0v) is 9.19. The van der Waals surface area contributed by atoms with E-state index in [1.165, 1.54) is 0 Å². The van der Waals surface area contributed by atoms with Crippen LogP contribution in [0.2, 0.25) is 0 Å². The lowest BCUT2D eigenvalue weighted by molar-refractivity contribution is -0.0591. The molecule has 4 heteroatoms. The molecule has 2 unspecified atom stereocenters. The quantitative estimate of drug-likeness (QED) is 0.740. The van der Waals surface area contributed by atoms with E-state index in [4.69, 9.17) is 0 Å². The highest BCUT2D eigenvalue weighted by molar-refractivity contribution is 4.82. The molecule has 0 bridgehead atoms. The molecule has 1 fully saturated rings. The predicted octanol–water partition coefficient (Wildman–Crippen LogP) is 1.71. The topological polar surface area (TPSA) is 15.3 Å². The molecule has 1 saturated heterocycles. The van der Waals surface area contributed by atoms with Crippen LogP contribution in [-0.2, 0) is 0 Å². The molecule has 0 aromatic carbocycles. The van der Waals surface area contributed by atoms with Crippen LogP contribution in [0.4, 0.5) is 8.78 Å². The van der Waals surface area contributed by atoms with E-state index in [0.717, 1.165) is 26.4 Å². The molecule has 14 heavy (non-hydrogen) atoms. The molecule has 2 nitrogen and oxygen atoms in total. The van der Waals surface area contributed by atoms with E-state index in [2.05, 4.69) is 5.32 Å². The molecule has 84 valence electrons. The van der Waals surface area contributed by atoms with Gasteiger partial charge in [-0.25, -0.2) is 8.78 Å². The van der Waals surface area contributed by atoms with Gasteiger partial charge >= 0.3 is 0 Å². The standard InChI is InChI=1S/C10H20F2N2/c1-8-7-14(6-4-5-13-8)9(2)10(3,11)12/h8-9,13H,4-7H2,1-3H3. The van der Waals surface area contributed by atoms with Gasteiger partial charge in [0.1, 0.15) is 0 Å². The molecule has 1 aliphatic heterocycles. The summed E-state index contributed by atoms with van der Waals surface area (Å²) in [5.41, 5.74) is 0. The molecule has 1 aliphatic rings. The minimum absolute atomic E-state index is 0.308. The highest BCUT2D eigenvalue weighted by Crippen LogP contribution is 2.22. The van der Waals surface area contributed by atoms with Gasteiger partial charge in [0.05, 0.1) is 6.04 Å². The largest absolute Gasteiger partial charge is 0.313 e. The molecule has 0 spiro atoms. The third kappa shape index (κ3) is 3.17. The highest BCUT2D eigenvalue weighted by atomic mass is 19.3. The fourth-order valence-electron chi connectivity index (χ4n) is 1.81. The van der Waals surface area contributed by atoms with E-state index in [0.29, 0.717) is 12.6 Å². The van der Waals surface area contributed by atoms with Gasteiger partial charge in [0.2, 0.25) is 0 Å². The van der Waals surface area contributed by atoms with Crippen LogP contribution in [0.1, 0.15) is 27.2 Å². The lowest BCUT2D eigenvalue weighted by atomic mass is 10.1. The van der Waals surface area contributed by atoms with Gasteiger partial charge in [0.15, 0.2) is 0 Å². The Morgan fingerprint density at radius 2 is 2.14 bits per heavy atom. The molecule has 1 N–H and O–H groups in total. The molecule has 1 rings (SSSR count). The molecule has 1 heterocycles. The normalized spacial score (nSPS) is 28.5. The second-order valence-corrected chi connectivity index (χ2v) is 4.34. The molecular weight excluding hydrogens is 186 g/mol. The molecule has 0 amide bonds. The van der Waals surface area contributed by atoms with E-state index < -0.39 is 12.0 Å². The third-order valence-electron chi connectivity index (χ3n) is 2.90. The summed E-state index contributed by atoms with van der Waals surface area (Å²) in [5, 5.41) is 3.29. The van der Waals surface area contributed by atoms with Crippen LogP contribution in [0.3, 0.4) is 0 Å². The second kappa shape index (κ2) is 4.53. The Balaban J connectivity index is 2.57. The summed E-state index contributed by atoms with van der Waals surface area (Å²) in [6.07, 6.45) is 0.949. The van der Waals surface area contributed by atoms with Crippen molar-refractivity contribution in [1.82, 2.24) is 10.2 Å². The Kier molecular flexibility index (Phi) is 3.84. The van der Waals surface area contributed by atoms with Gasteiger partial charge in [-0.1, -0.05) is 0 Å². The van der Waals surface area contributed by atoms with Gasteiger partial charge in [-0.3, -0.25) is 4.90 Å². The van der Waals surface area contributed by atoms with Crippen molar-refractivity contribution in [2.75, 3.05) is 19.6 Å². The van der Waals surface area contributed by atoms with Crippen molar-refractivity contribution in [3.8, 4) is 0 Å². The molecule has 0 radical (unpaired) electrons. The maximum absolute atomic E-state index is 13.1. The highest BCUT2D eigenvalue weighted by Gasteiger charge is 2.35. The molecule has 0 aromatic rings. The lowest BCUT2D eigenvalue weighted by Crippen LogP contribution is -2.47. The Hall–Kier alpha value is -0.220. The predicted molar refractivity (Wildman–Crippen MR) is 53.7 cm³/mol. The van der Waals surface area contributed by atoms with Crippen LogP contribution in [0.25, 0.3) is 0 Å². The number of nitrogens with zero attached hydrogens (tertiary/aromatic N) is 1. The summed E-state index contributed by atoms with van der Waals surface area (Å²) < 4.78 is 26.2. The van der Waals surface area contributed by atoms with Crippen molar-refractivity contribution >= 4 is 0 Å². The Labute approximate surface area is 84.7 Å². The number of nitrogens with one attached hydrogen (secondary N) is 1. The van der Waals surface area contributed by atoms with Crippen molar-refractivity contribution in [3.05, 3.63) is 0 Å². The van der Waals surface area contributed by atoms with E-state index >= 15 is 0 Å². The fourth-order valence-corrected chi connectivity index (χ4v) is 1.81. The minimum Gasteiger partial charge on any atom is -0.313 e. The summed E-state index contributed by atoms with van der Waals surface area (Å²) >= 11 is 0. The molecular formula is C10H20F2N2. The minimum atomic E-state index is -2.61.